The monoisotopic (exact) mass is 484 g/mol. The van der Waals surface area contributed by atoms with Gasteiger partial charge in [0, 0.05) is 6.20 Å². The van der Waals surface area contributed by atoms with Crippen LogP contribution in [0.15, 0.2) is 47.3 Å². The van der Waals surface area contributed by atoms with Crippen LogP contribution in [0.25, 0.3) is 22.8 Å². The van der Waals surface area contributed by atoms with Crippen molar-refractivity contribution in [3.8, 4) is 28.9 Å². The summed E-state index contributed by atoms with van der Waals surface area (Å²) >= 11 is 0. The molecule has 0 N–H and O–H groups in total. The second-order valence-corrected chi connectivity index (χ2v) is 10.1. The first-order chi connectivity index (χ1) is 17.3. The van der Waals surface area contributed by atoms with Crippen molar-refractivity contribution in [2.45, 2.75) is 50.9 Å². The molecule has 4 aromatic rings. The smallest absolute Gasteiger partial charge is 0.246 e. The van der Waals surface area contributed by atoms with Crippen molar-refractivity contribution < 1.29 is 13.2 Å². The number of benzene rings is 1. The molecular weight excluding hydrogens is 462 g/mol. The molecular formula is C27H22F2N6O. The fourth-order valence-electron chi connectivity index (χ4n) is 6.10. The van der Waals surface area contributed by atoms with Gasteiger partial charge in [-0.1, -0.05) is 19.9 Å². The molecule has 3 aromatic heterocycles. The summed E-state index contributed by atoms with van der Waals surface area (Å²) in [5, 5.41) is 18.0. The number of nitriles is 1. The molecule has 1 saturated carbocycles. The van der Waals surface area contributed by atoms with Crippen molar-refractivity contribution in [2.24, 2.45) is 5.41 Å². The van der Waals surface area contributed by atoms with E-state index in [2.05, 4.69) is 40.1 Å². The molecule has 3 heterocycles. The van der Waals surface area contributed by atoms with Crippen LogP contribution in [0, 0.1) is 28.4 Å². The molecule has 0 unspecified atom stereocenters. The van der Waals surface area contributed by atoms with Gasteiger partial charge >= 0.3 is 0 Å². The van der Waals surface area contributed by atoms with Crippen LogP contribution < -0.4 is 0 Å². The molecule has 36 heavy (non-hydrogen) atoms. The van der Waals surface area contributed by atoms with Gasteiger partial charge in [-0.05, 0) is 54.9 Å². The first kappa shape index (κ1) is 22.4. The minimum Gasteiger partial charge on any atom is -0.443 e. The Morgan fingerprint density at radius 3 is 2.64 bits per heavy atom. The minimum atomic E-state index is -0.670. The van der Waals surface area contributed by atoms with Crippen LogP contribution in [0.3, 0.4) is 0 Å². The maximum atomic E-state index is 14.5. The van der Waals surface area contributed by atoms with Crippen LogP contribution in [-0.4, -0.2) is 25.1 Å². The fraction of sp³-hybridized carbons (Fsp3) is 0.333. The van der Waals surface area contributed by atoms with Gasteiger partial charge in [0.25, 0.3) is 0 Å². The van der Waals surface area contributed by atoms with Gasteiger partial charge in [-0.2, -0.15) is 10.4 Å². The lowest BCUT2D eigenvalue weighted by molar-refractivity contribution is 0.242. The first-order valence-electron chi connectivity index (χ1n) is 11.8. The van der Waals surface area contributed by atoms with E-state index in [4.69, 9.17) is 9.40 Å². The zero-order chi connectivity index (χ0) is 25.2. The van der Waals surface area contributed by atoms with Crippen molar-refractivity contribution in [3.05, 3.63) is 77.2 Å². The normalized spacial score (nSPS) is 22.3. The predicted octanol–water partition coefficient (Wildman–Crippen LogP) is 5.70. The number of nitrogens with zero attached hydrogens (tertiary/aromatic N) is 6. The molecule has 0 spiro atoms. The highest BCUT2D eigenvalue weighted by atomic mass is 19.1. The van der Waals surface area contributed by atoms with Crippen LogP contribution in [0.4, 0.5) is 8.78 Å². The average molecular weight is 485 g/mol. The molecule has 2 aliphatic rings. The SMILES string of the molecule is C[C@@H](C#N)c1coc(-c2cncc([C@@]34CC[C@@H](c5cc(-c6c(F)cccc6F)nnc53)C4(C)C)n2)n1. The van der Waals surface area contributed by atoms with E-state index in [1.807, 2.05) is 0 Å². The second-order valence-electron chi connectivity index (χ2n) is 10.1. The highest BCUT2D eigenvalue weighted by molar-refractivity contribution is 5.64. The lowest BCUT2D eigenvalue weighted by Gasteiger charge is -2.37. The van der Waals surface area contributed by atoms with Gasteiger partial charge in [0.05, 0.1) is 51.9 Å². The van der Waals surface area contributed by atoms with E-state index in [1.165, 1.54) is 24.5 Å². The maximum Gasteiger partial charge on any atom is 0.246 e. The molecule has 0 amide bonds. The van der Waals surface area contributed by atoms with Gasteiger partial charge in [-0.25, -0.2) is 18.7 Å². The Balaban J connectivity index is 1.48. The molecule has 2 aliphatic carbocycles. The van der Waals surface area contributed by atoms with E-state index < -0.39 is 23.0 Å². The summed E-state index contributed by atoms with van der Waals surface area (Å²) in [6.07, 6.45) is 6.44. The van der Waals surface area contributed by atoms with Crippen molar-refractivity contribution in [1.29, 1.82) is 5.26 Å². The number of oxazole rings is 1. The van der Waals surface area contributed by atoms with Crippen LogP contribution >= 0.6 is 0 Å². The average Bonchev–Trinajstić information content (AvgIpc) is 3.52. The summed E-state index contributed by atoms with van der Waals surface area (Å²) in [6, 6.07) is 7.69. The summed E-state index contributed by atoms with van der Waals surface area (Å²) in [4.78, 5) is 13.8. The third kappa shape index (κ3) is 2.90. The number of fused-ring (bicyclic) bond motifs is 5. The van der Waals surface area contributed by atoms with Crippen molar-refractivity contribution in [3.63, 3.8) is 0 Å². The van der Waals surface area contributed by atoms with E-state index in [0.29, 0.717) is 17.3 Å². The van der Waals surface area contributed by atoms with Gasteiger partial charge in [0.1, 0.15) is 23.6 Å². The highest BCUT2D eigenvalue weighted by Crippen LogP contribution is 2.69. The van der Waals surface area contributed by atoms with Crippen LogP contribution in [-0.2, 0) is 5.41 Å². The number of halogens is 2. The molecule has 3 atom stereocenters. The molecule has 0 saturated heterocycles. The summed E-state index contributed by atoms with van der Waals surface area (Å²) in [5.41, 5.74) is 2.56. The zero-order valence-corrected chi connectivity index (χ0v) is 20.0. The Morgan fingerprint density at radius 1 is 1.11 bits per heavy atom. The van der Waals surface area contributed by atoms with E-state index >= 15 is 0 Å². The highest BCUT2D eigenvalue weighted by Gasteiger charge is 2.65. The van der Waals surface area contributed by atoms with Crippen molar-refractivity contribution >= 4 is 0 Å². The molecule has 6 rings (SSSR count). The third-order valence-electron chi connectivity index (χ3n) is 8.05. The first-order valence-corrected chi connectivity index (χ1v) is 11.8. The summed E-state index contributed by atoms with van der Waals surface area (Å²) in [7, 11) is 0. The van der Waals surface area contributed by atoms with Gasteiger partial charge in [0.15, 0.2) is 0 Å². The number of hydrogen-bond acceptors (Lipinski definition) is 7. The van der Waals surface area contributed by atoms with E-state index in [0.717, 1.165) is 29.8 Å². The fourth-order valence-corrected chi connectivity index (χ4v) is 6.10. The topological polar surface area (TPSA) is 101 Å². The predicted molar refractivity (Wildman–Crippen MR) is 125 cm³/mol. The number of rotatable bonds is 4. The Bertz CT molecular complexity index is 1540. The standard InChI is InChI=1S/C27H22F2N6O/c1-14(10-30)21-13-36-25(33-21)20-11-31-12-22(32-20)27-8-7-16(26(27,2)3)15-9-19(34-35-24(15)27)23-17(28)5-4-6-18(23)29/h4-6,9,11-14,16H,7-8H2,1-3H3/t14-,16-,27-/m0/s1. The quantitative estimate of drug-likeness (QED) is 0.366. The minimum absolute atomic E-state index is 0.117. The third-order valence-corrected chi connectivity index (χ3v) is 8.05. The summed E-state index contributed by atoms with van der Waals surface area (Å²) in [6.45, 7) is 6.09. The molecule has 0 radical (unpaired) electrons. The molecule has 1 fully saturated rings. The van der Waals surface area contributed by atoms with Gasteiger partial charge in [-0.3, -0.25) is 4.98 Å². The van der Waals surface area contributed by atoms with Crippen LogP contribution in [0.2, 0.25) is 0 Å². The largest absolute Gasteiger partial charge is 0.443 e. The van der Waals surface area contributed by atoms with Gasteiger partial charge in [0.2, 0.25) is 5.89 Å². The van der Waals surface area contributed by atoms with E-state index in [9.17, 15) is 14.0 Å². The number of aromatic nitrogens is 5. The summed E-state index contributed by atoms with van der Waals surface area (Å²) < 4.78 is 34.6. The molecule has 0 aliphatic heterocycles. The van der Waals surface area contributed by atoms with Gasteiger partial charge < -0.3 is 4.42 Å². The van der Waals surface area contributed by atoms with Crippen molar-refractivity contribution in [2.75, 3.05) is 0 Å². The summed E-state index contributed by atoms with van der Waals surface area (Å²) in [5.74, 6) is -1.34. The molecule has 2 bridgehead atoms. The van der Waals surface area contributed by atoms with E-state index in [1.54, 1.807) is 25.4 Å². The molecule has 180 valence electrons. The number of hydrogen-bond donors (Lipinski definition) is 0. The Morgan fingerprint density at radius 2 is 1.89 bits per heavy atom. The Hall–Kier alpha value is -4.06. The molecule has 7 nitrogen and oxygen atoms in total. The second kappa shape index (κ2) is 7.72. The lowest BCUT2D eigenvalue weighted by Crippen LogP contribution is -2.38. The van der Waals surface area contributed by atoms with Crippen molar-refractivity contribution in [1.82, 2.24) is 25.1 Å². The van der Waals surface area contributed by atoms with E-state index in [-0.39, 0.29) is 22.6 Å². The van der Waals surface area contributed by atoms with Crippen LogP contribution in [0.5, 0.6) is 0 Å². The molecule has 9 heteroatoms. The van der Waals surface area contributed by atoms with Gasteiger partial charge in [-0.15, -0.1) is 5.10 Å². The molecule has 1 aromatic carbocycles. The maximum absolute atomic E-state index is 14.5. The zero-order valence-electron chi connectivity index (χ0n) is 20.0. The lowest BCUT2D eigenvalue weighted by atomic mass is 9.66. The van der Waals surface area contributed by atoms with Crippen LogP contribution in [0.1, 0.15) is 68.1 Å². The Kier molecular flexibility index (Phi) is 4.80. The Labute approximate surface area is 206 Å².